The molecular formula is C13H25N5. The second-order valence-corrected chi connectivity index (χ2v) is 4.52. The van der Waals surface area contributed by atoms with E-state index in [1.807, 2.05) is 6.92 Å². The molecule has 0 aliphatic rings. The lowest BCUT2D eigenvalue weighted by Gasteiger charge is -2.13. The van der Waals surface area contributed by atoms with E-state index in [-0.39, 0.29) is 0 Å². The fourth-order valence-electron chi connectivity index (χ4n) is 1.92. The van der Waals surface area contributed by atoms with E-state index in [2.05, 4.69) is 22.2 Å². The van der Waals surface area contributed by atoms with Crippen molar-refractivity contribution in [3.8, 4) is 0 Å². The number of nitrogens with one attached hydrogen (secondary N) is 1. The number of unbranched alkanes of at least 4 members (excludes halogenated alkanes) is 2. The standard InChI is InChI=1S/C13H25N5/c1-3-4-5-9-16-12-11(7-6-8-14)10(2)17-13(15)18-12/h3-9,14H2,1-2H3,(H3,15,16,17,18). The normalized spacial score (nSPS) is 10.6. The van der Waals surface area contributed by atoms with Gasteiger partial charge in [-0.25, -0.2) is 4.98 Å². The van der Waals surface area contributed by atoms with Crippen molar-refractivity contribution in [1.29, 1.82) is 0 Å². The van der Waals surface area contributed by atoms with Gasteiger partial charge < -0.3 is 16.8 Å². The molecule has 5 heteroatoms. The zero-order chi connectivity index (χ0) is 13.4. The maximum Gasteiger partial charge on any atom is 0.222 e. The molecule has 5 N–H and O–H groups in total. The van der Waals surface area contributed by atoms with E-state index in [9.17, 15) is 0 Å². The Hall–Kier alpha value is -1.36. The minimum atomic E-state index is 0.335. The Bertz CT molecular complexity index is 365. The summed E-state index contributed by atoms with van der Waals surface area (Å²) in [5.41, 5.74) is 13.4. The van der Waals surface area contributed by atoms with E-state index in [0.717, 1.165) is 42.9 Å². The number of nitrogens with two attached hydrogens (primary N) is 2. The number of hydrogen-bond acceptors (Lipinski definition) is 5. The predicted molar refractivity (Wildman–Crippen MR) is 76.6 cm³/mol. The van der Waals surface area contributed by atoms with Crippen LogP contribution in [0.25, 0.3) is 0 Å². The first-order valence-corrected chi connectivity index (χ1v) is 6.76. The highest BCUT2D eigenvalue weighted by Gasteiger charge is 2.09. The Morgan fingerprint density at radius 2 is 1.94 bits per heavy atom. The van der Waals surface area contributed by atoms with Crippen molar-refractivity contribution in [2.45, 2.75) is 46.0 Å². The molecule has 0 bridgehead atoms. The molecule has 1 heterocycles. The number of nitrogen functional groups attached to an aromatic ring is 1. The fourth-order valence-corrected chi connectivity index (χ4v) is 1.92. The molecule has 0 unspecified atom stereocenters. The Morgan fingerprint density at radius 3 is 2.61 bits per heavy atom. The van der Waals surface area contributed by atoms with E-state index >= 15 is 0 Å². The van der Waals surface area contributed by atoms with Crippen LogP contribution in [0.4, 0.5) is 11.8 Å². The van der Waals surface area contributed by atoms with Crippen molar-refractivity contribution in [2.24, 2.45) is 5.73 Å². The van der Waals surface area contributed by atoms with Gasteiger partial charge in [-0.3, -0.25) is 0 Å². The molecule has 5 nitrogen and oxygen atoms in total. The second-order valence-electron chi connectivity index (χ2n) is 4.52. The van der Waals surface area contributed by atoms with Crippen LogP contribution in [-0.2, 0) is 6.42 Å². The number of anilines is 2. The first-order chi connectivity index (χ1) is 8.69. The van der Waals surface area contributed by atoms with Crippen molar-refractivity contribution < 1.29 is 0 Å². The van der Waals surface area contributed by atoms with Gasteiger partial charge in [-0.2, -0.15) is 4.98 Å². The molecule has 0 spiro atoms. The minimum Gasteiger partial charge on any atom is -0.370 e. The second kappa shape index (κ2) is 7.87. The third-order valence-corrected chi connectivity index (χ3v) is 2.93. The van der Waals surface area contributed by atoms with Gasteiger partial charge in [0.1, 0.15) is 5.82 Å². The molecule has 1 rings (SSSR count). The fraction of sp³-hybridized carbons (Fsp3) is 0.692. The topological polar surface area (TPSA) is 89.8 Å². The maximum atomic E-state index is 5.70. The smallest absolute Gasteiger partial charge is 0.222 e. The van der Waals surface area contributed by atoms with E-state index in [1.165, 1.54) is 12.8 Å². The molecule has 18 heavy (non-hydrogen) atoms. The Labute approximate surface area is 109 Å². The lowest BCUT2D eigenvalue weighted by atomic mass is 10.1. The van der Waals surface area contributed by atoms with Crippen LogP contribution < -0.4 is 16.8 Å². The van der Waals surface area contributed by atoms with Crippen LogP contribution in [0.15, 0.2) is 0 Å². The van der Waals surface area contributed by atoms with Crippen molar-refractivity contribution in [1.82, 2.24) is 9.97 Å². The third-order valence-electron chi connectivity index (χ3n) is 2.93. The number of aromatic nitrogens is 2. The maximum absolute atomic E-state index is 5.70. The first kappa shape index (κ1) is 14.7. The minimum absolute atomic E-state index is 0.335. The Kier molecular flexibility index (Phi) is 6.43. The van der Waals surface area contributed by atoms with Gasteiger partial charge in [-0.15, -0.1) is 0 Å². The van der Waals surface area contributed by atoms with Crippen molar-refractivity contribution in [3.63, 3.8) is 0 Å². The van der Waals surface area contributed by atoms with Gasteiger partial charge in [0.2, 0.25) is 5.95 Å². The van der Waals surface area contributed by atoms with Gasteiger partial charge >= 0.3 is 0 Å². The lowest BCUT2D eigenvalue weighted by Crippen LogP contribution is -2.12. The lowest BCUT2D eigenvalue weighted by molar-refractivity contribution is 0.739. The molecule has 1 aromatic rings. The van der Waals surface area contributed by atoms with Crippen LogP contribution >= 0.6 is 0 Å². The largest absolute Gasteiger partial charge is 0.370 e. The summed E-state index contributed by atoms with van der Waals surface area (Å²) in [6, 6.07) is 0. The van der Waals surface area contributed by atoms with Crippen molar-refractivity contribution in [3.05, 3.63) is 11.3 Å². The monoisotopic (exact) mass is 251 g/mol. The average Bonchev–Trinajstić information content (AvgIpc) is 2.33. The zero-order valence-electron chi connectivity index (χ0n) is 11.5. The molecule has 0 atom stereocenters. The summed E-state index contributed by atoms with van der Waals surface area (Å²) in [5, 5.41) is 3.37. The highest BCUT2D eigenvalue weighted by Crippen LogP contribution is 2.19. The Balaban J connectivity index is 2.72. The molecule has 0 aromatic carbocycles. The molecule has 0 aliphatic carbocycles. The van der Waals surface area contributed by atoms with E-state index < -0.39 is 0 Å². The van der Waals surface area contributed by atoms with Crippen LogP contribution in [0.2, 0.25) is 0 Å². The third kappa shape index (κ3) is 4.49. The van der Waals surface area contributed by atoms with Crippen LogP contribution in [0.1, 0.15) is 43.9 Å². The van der Waals surface area contributed by atoms with E-state index in [0.29, 0.717) is 12.5 Å². The Morgan fingerprint density at radius 1 is 1.17 bits per heavy atom. The summed E-state index contributed by atoms with van der Waals surface area (Å²) < 4.78 is 0. The molecule has 0 aliphatic heterocycles. The summed E-state index contributed by atoms with van der Waals surface area (Å²) in [4.78, 5) is 8.52. The van der Waals surface area contributed by atoms with Crippen molar-refractivity contribution in [2.75, 3.05) is 24.1 Å². The summed E-state index contributed by atoms with van der Waals surface area (Å²) >= 11 is 0. The number of hydrogen-bond donors (Lipinski definition) is 3. The molecule has 0 saturated heterocycles. The van der Waals surface area contributed by atoms with Gasteiger partial charge in [-0.05, 0) is 32.7 Å². The summed E-state index contributed by atoms with van der Waals surface area (Å²) in [6.45, 7) is 5.78. The highest BCUT2D eigenvalue weighted by molar-refractivity contribution is 5.49. The molecule has 0 saturated carbocycles. The molecule has 102 valence electrons. The predicted octanol–water partition coefficient (Wildman–Crippen LogP) is 1.86. The average molecular weight is 251 g/mol. The number of rotatable bonds is 8. The summed E-state index contributed by atoms with van der Waals surface area (Å²) in [7, 11) is 0. The quantitative estimate of drug-likeness (QED) is 0.614. The highest BCUT2D eigenvalue weighted by atomic mass is 15.1. The van der Waals surface area contributed by atoms with Crippen LogP contribution in [0, 0.1) is 6.92 Å². The van der Waals surface area contributed by atoms with Crippen molar-refractivity contribution >= 4 is 11.8 Å². The van der Waals surface area contributed by atoms with Crippen LogP contribution in [0.5, 0.6) is 0 Å². The van der Waals surface area contributed by atoms with Gasteiger partial charge in [-0.1, -0.05) is 19.8 Å². The molecular weight excluding hydrogens is 226 g/mol. The first-order valence-electron chi connectivity index (χ1n) is 6.76. The summed E-state index contributed by atoms with van der Waals surface area (Å²) in [6.07, 6.45) is 5.43. The van der Waals surface area contributed by atoms with E-state index in [4.69, 9.17) is 11.5 Å². The molecule has 0 fully saturated rings. The van der Waals surface area contributed by atoms with E-state index in [1.54, 1.807) is 0 Å². The van der Waals surface area contributed by atoms with Gasteiger partial charge in [0.25, 0.3) is 0 Å². The van der Waals surface area contributed by atoms with Gasteiger partial charge in [0.05, 0.1) is 0 Å². The molecule has 0 radical (unpaired) electrons. The SMILES string of the molecule is CCCCCNc1nc(N)nc(C)c1CCCN. The zero-order valence-corrected chi connectivity index (χ0v) is 11.5. The molecule has 1 aromatic heterocycles. The van der Waals surface area contributed by atoms with Gasteiger partial charge in [0, 0.05) is 17.8 Å². The van der Waals surface area contributed by atoms with Gasteiger partial charge in [0.15, 0.2) is 0 Å². The number of nitrogens with zero attached hydrogens (tertiary/aromatic N) is 2. The number of aryl methyl sites for hydroxylation is 1. The summed E-state index contributed by atoms with van der Waals surface area (Å²) in [5.74, 6) is 1.21. The van der Waals surface area contributed by atoms with Crippen LogP contribution in [0.3, 0.4) is 0 Å². The molecule has 0 amide bonds. The van der Waals surface area contributed by atoms with Crippen LogP contribution in [-0.4, -0.2) is 23.1 Å².